The van der Waals surface area contributed by atoms with Crippen LogP contribution in [0, 0.1) is 0 Å². The zero-order valence-corrected chi connectivity index (χ0v) is 16.9. The molecule has 0 radical (unpaired) electrons. The Morgan fingerprint density at radius 2 is 1.59 bits per heavy atom. The SMILES string of the molecule is N[C@H](Cc1ccccc1OC(F)(F)F)[C@H](O)C(=O)N[C@H](C(=O)O)c1cccc(OC(F)(F)F)c1. The molecule has 2 rings (SSSR count). The maximum atomic E-state index is 12.6. The van der Waals surface area contributed by atoms with Gasteiger partial charge in [-0.1, -0.05) is 30.3 Å². The number of amides is 1. The topological polar surface area (TPSA) is 131 Å². The van der Waals surface area contributed by atoms with Gasteiger partial charge in [-0.2, -0.15) is 0 Å². The van der Waals surface area contributed by atoms with Gasteiger partial charge in [0.1, 0.15) is 17.6 Å². The first kappa shape index (κ1) is 26.7. The van der Waals surface area contributed by atoms with Crippen molar-refractivity contribution in [3.8, 4) is 11.5 Å². The molecule has 0 saturated heterocycles. The van der Waals surface area contributed by atoms with E-state index in [0.717, 1.165) is 30.3 Å². The lowest BCUT2D eigenvalue weighted by molar-refractivity contribution is -0.275. The summed E-state index contributed by atoms with van der Waals surface area (Å²) in [4.78, 5) is 23.9. The molecule has 2 aromatic carbocycles. The number of hydrogen-bond donors (Lipinski definition) is 4. The van der Waals surface area contributed by atoms with E-state index in [2.05, 4.69) is 9.47 Å². The lowest BCUT2D eigenvalue weighted by atomic mass is 10.00. The van der Waals surface area contributed by atoms with E-state index in [-0.39, 0.29) is 11.1 Å². The Kier molecular flexibility index (Phi) is 8.34. The van der Waals surface area contributed by atoms with Gasteiger partial charge in [0.25, 0.3) is 5.91 Å². The predicted octanol–water partition coefficient (Wildman–Crippen LogP) is 2.66. The predicted molar refractivity (Wildman–Crippen MR) is 102 cm³/mol. The zero-order chi connectivity index (χ0) is 25.7. The summed E-state index contributed by atoms with van der Waals surface area (Å²) in [6.07, 6.45) is -12.6. The molecular weight excluding hydrogens is 478 g/mol. The standard InChI is InChI=1S/C20H18F6N2O6/c21-19(22,23)33-12-6-3-5-11(8-12)15(18(31)32)28-17(30)16(29)13(27)9-10-4-1-2-7-14(10)34-20(24,25)26/h1-8,13,15-16,29H,9,27H2,(H,28,30)(H,31,32)/t13-,15+,16+/m1/s1. The first-order valence-electron chi connectivity index (χ1n) is 9.32. The number of carboxylic acid groups (broad SMARTS) is 1. The molecule has 0 aliphatic heterocycles. The van der Waals surface area contributed by atoms with E-state index >= 15 is 0 Å². The highest BCUT2D eigenvalue weighted by atomic mass is 19.4. The third kappa shape index (κ3) is 8.12. The number of aliphatic carboxylic acids is 1. The van der Waals surface area contributed by atoms with Crippen LogP contribution in [-0.4, -0.2) is 47.0 Å². The van der Waals surface area contributed by atoms with E-state index in [1.165, 1.54) is 18.2 Å². The first-order chi connectivity index (χ1) is 15.7. The summed E-state index contributed by atoms with van der Waals surface area (Å²) < 4.78 is 82.5. The minimum atomic E-state index is -5.05. The molecule has 0 fully saturated rings. The molecule has 14 heteroatoms. The second-order valence-electron chi connectivity index (χ2n) is 6.87. The van der Waals surface area contributed by atoms with Crippen LogP contribution in [0.1, 0.15) is 17.2 Å². The van der Waals surface area contributed by atoms with Gasteiger partial charge in [0.05, 0.1) is 0 Å². The number of aliphatic hydroxyl groups excluding tert-OH is 1. The number of nitrogens with one attached hydrogen (secondary N) is 1. The molecule has 186 valence electrons. The van der Waals surface area contributed by atoms with Crippen molar-refractivity contribution in [2.75, 3.05) is 0 Å². The maximum Gasteiger partial charge on any atom is 0.573 e. The van der Waals surface area contributed by atoms with Crippen molar-refractivity contribution in [1.82, 2.24) is 5.32 Å². The summed E-state index contributed by atoms with van der Waals surface area (Å²) in [5.74, 6) is -4.36. The van der Waals surface area contributed by atoms with E-state index in [1.54, 1.807) is 0 Å². The van der Waals surface area contributed by atoms with Crippen LogP contribution in [0.5, 0.6) is 11.5 Å². The fourth-order valence-corrected chi connectivity index (χ4v) is 2.86. The van der Waals surface area contributed by atoms with Gasteiger partial charge in [-0.15, -0.1) is 26.3 Å². The summed E-state index contributed by atoms with van der Waals surface area (Å²) in [6, 6.07) is 5.24. The van der Waals surface area contributed by atoms with E-state index in [0.29, 0.717) is 0 Å². The normalized spacial score (nSPS) is 14.6. The number of alkyl halides is 6. The lowest BCUT2D eigenvalue weighted by Crippen LogP contribution is -2.49. The van der Waals surface area contributed by atoms with Crippen LogP contribution >= 0.6 is 0 Å². The quantitative estimate of drug-likeness (QED) is 0.393. The highest BCUT2D eigenvalue weighted by Gasteiger charge is 2.34. The van der Waals surface area contributed by atoms with E-state index < -0.39 is 60.7 Å². The van der Waals surface area contributed by atoms with Crippen LogP contribution in [-0.2, 0) is 16.0 Å². The third-order valence-corrected chi connectivity index (χ3v) is 4.29. The average molecular weight is 496 g/mol. The van der Waals surface area contributed by atoms with Crippen molar-refractivity contribution in [3.63, 3.8) is 0 Å². The Balaban J connectivity index is 2.14. The summed E-state index contributed by atoms with van der Waals surface area (Å²) >= 11 is 0. The summed E-state index contributed by atoms with van der Waals surface area (Å²) in [6.45, 7) is 0. The minimum Gasteiger partial charge on any atom is -0.479 e. The largest absolute Gasteiger partial charge is 0.573 e. The lowest BCUT2D eigenvalue weighted by Gasteiger charge is -2.22. The van der Waals surface area contributed by atoms with Gasteiger partial charge in [-0.05, 0) is 35.7 Å². The number of nitrogens with two attached hydrogens (primary N) is 1. The van der Waals surface area contributed by atoms with Crippen molar-refractivity contribution in [1.29, 1.82) is 0 Å². The number of para-hydroxylation sites is 1. The molecule has 34 heavy (non-hydrogen) atoms. The Morgan fingerprint density at radius 1 is 0.971 bits per heavy atom. The van der Waals surface area contributed by atoms with Crippen molar-refractivity contribution in [3.05, 3.63) is 59.7 Å². The Bertz CT molecular complexity index is 1010. The number of ether oxygens (including phenoxy) is 2. The molecule has 0 aliphatic rings. The molecule has 2 aromatic rings. The van der Waals surface area contributed by atoms with Crippen LogP contribution < -0.4 is 20.5 Å². The van der Waals surface area contributed by atoms with Gasteiger partial charge in [0.15, 0.2) is 6.04 Å². The van der Waals surface area contributed by atoms with Crippen LogP contribution in [0.2, 0.25) is 0 Å². The molecule has 0 saturated carbocycles. The number of halogens is 6. The summed E-state index contributed by atoms with van der Waals surface area (Å²) in [5, 5.41) is 21.5. The van der Waals surface area contributed by atoms with Crippen LogP contribution in [0.4, 0.5) is 26.3 Å². The fourth-order valence-electron chi connectivity index (χ4n) is 2.86. The molecule has 0 bridgehead atoms. The van der Waals surface area contributed by atoms with Gasteiger partial charge in [0, 0.05) is 6.04 Å². The molecular formula is C20H18F6N2O6. The number of carbonyl (C=O) groups is 2. The monoisotopic (exact) mass is 496 g/mol. The van der Waals surface area contributed by atoms with Crippen molar-refractivity contribution in [2.45, 2.75) is 37.3 Å². The number of rotatable bonds is 9. The van der Waals surface area contributed by atoms with Gasteiger partial charge in [0.2, 0.25) is 0 Å². The number of aliphatic hydroxyl groups is 1. The van der Waals surface area contributed by atoms with Crippen molar-refractivity contribution < 1.29 is 55.6 Å². The third-order valence-electron chi connectivity index (χ3n) is 4.29. The molecule has 1 amide bonds. The highest BCUT2D eigenvalue weighted by Crippen LogP contribution is 2.28. The van der Waals surface area contributed by atoms with E-state index in [9.17, 15) is 46.1 Å². The van der Waals surface area contributed by atoms with Gasteiger partial charge in [-0.3, -0.25) is 4.79 Å². The second-order valence-corrected chi connectivity index (χ2v) is 6.87. The maximum absolute atomic E-state index is 12.6. The molecule has 0 heterocycles. The van der Waals surface area contributed by atoms with E-state index in [1.807, 2.05) is 5.32 Å². The molecule has 3 atom stereocenters. The Morgan fingerprint density at radius 3 is 2.18 bits per heavy atom. The molecule has 8 nitrogen and oxygen atoms in total. The highest BCUT2D eigenvalue weighted by molar-refractivity contribution is 5.87. The van der Waals surface area contributed by atoms with Crippen LogP contribution in [0.3, 0.4) is 0 Å². The number of carbonyl (C=O) groups excluding carboxylic acids is 1. The average Bonchev–Trinajstić information content (AvgIpc) is 2.70. The molecule has 0 aromatic heterocycles. The van der Waals surface area contributed by atoms with Gasteiger partial charge >= 0.3 is 18.7 Å². The molecule has 5 N–H and O–H groups in total. The summed E-state index contributed by atoms with van der Waals surface area (Å²) in [7, 11) is 0. The van der Waals surface area contributed by atoms with E-state index in [4.69, 9.17) is 5.73 Å². The van der Waals surface area contributed by atoms with Gasteiger partial charge in [-0.25, -0.2) is 4.79 Å². The Hall–Kier alpha value is -3.52. The molecule has 0 unspecified atom stereocenters. The molecule has 0 aliphatic carbocycles. The number of hydrogen-bond acceptors (Lipinski definition) is 6. The minimum absolute atomic E-state index is 0.0917. The van der Waals surface area contributed by atoms with Crippen molar-refractivity contribution in [2.24, 2.45) is 5.73 Å². The second kappa shape index (κ2) is 10.6. The first-order valence-corrected chi connectivity index (χ1v) is 9.32. The number of carboxylic acids is 1. The fraction of sp³-hybridized carbons (Fsp3) is 0.300. The van der Waals surface area contributed by atoms with Crippen molar-refractivity contribution >= 4 is 11.9 Å². The molecule has 0 spiro atoms. The number of benzene rings is 2. The summed E-state index contributed by atoms with van der Waals surface area (Å²) in [5.41, 5.74) is 5.32. The zero-order valence-electron chi connectivity index (χ0n) is 16.9. The van der Waals surface area contributed by atoms with Crippen LogP contribution in [0.25, 0.3) is 0 Å². The van der Waals surface area contributed by atoms with Crippen LogP contribution in [0.15, 0.2) is 48.5 Å². The van der Waals surface area contributed by atoms with Gasteiger partial charge < -0.3 is 30.7 Å². The smallest absolute Gasteiger partial charge is 0.479 e. The Labute approximate surface area is 187 Å².